The van der Waals surface area contributed by atoms with Crippen molar-refractivity contribution in [3.05, 3.63) is 29.8 Å². The Balaban J connectivity index is 2.35. The van der Waals surface area contributed by atoms with Crippen molar-refractivity contribution >= 4 is 11.9 Å². The summed E-state index contributed by atoms with van der Waals surface area (Å²) in [6.45, 7) is 2.82. The average Bonchev–Trinajstić information content (AvgIpc) is 2.38. The molecule has 0 aromatic heterocycles. The Bertz CT molecular complexity index is 418. The van der Waals surface area contributed by atoms with Crippen LogP contribution in [0.4, 0.5) is 4.79 Å². The van der Waals surface area contributed by atoms with Crippen LogP contribution in [0.3, 0.4) is 0 Å². The summed E-state index contributed by atoms with van der Waals surface area (Å²) in [7, 11) is 1.87. The fourth-order valence-electron chi connectivity index (χ4n) is 1.42. The predicted octanol–water partition coefficient (Wildman–Crippen LogP) is 0.630. The Morgan fingerprint density at radius 1 is 1.21 bits per heavy atom. The number of hydrogen-bond donors (Lipinski definition) is 3. The summed E-state index contributed by atoms with van der Waals surface area (Å²) in [5.74, 6) is 0.108. The number of ether oxygens (including phenoxy) is 1. The highest BCUT2D eigenvalue weighted by Crippen LogP contribution is 2.11. The third-order valence-electron chi connectivity index (χ3n) is 2.26. The van der Waals surface area contributed by atoms with Crippen molar-refractivity contribution in [2.45, 2.75) is 13.5 Å². The van der Waals surface area contributed by atoms with Gasteiger partial charge < -0.3 is 15.4 Å². The van der Waals surface area contributed by atoms with E-state index >= 15 is 0 Å². The lowest BCUT2D eigenvalue weighted by molar-refractivity contribution is -0.122. The fourth-order valence-corrected chi connectivity index (χ4v) is 1.42. The van der Waals surface area contributed by atoms with Crippen molar-refractivity contribution in [2.24, 2.45) is 0 Å². The molecular weight excluding hydrogens is 246 g/mol. The first-order valence-electron chi connectivity index (χ1n) is 6.09. The number of carbonyl (C=O) groups excluding carboxylic acids is 2. The predicted molar refractivity (Wildman–Crippen MR) is 71.9 cm³/mol. The molecule has 0 fully saturated rings. The number of carbonyl (C=O) groups is 2. The second kappa shape index (κ2) is 8.10. The first-order valence-corrected chi connectivity index (χ1v) is 6.09. The molecule has 0 saturated heterocycles. The summed E-state index contributed by atoms with van der Waals surface area (Å²) in [5, 5.41) is 7.66. The van der Waals surface area contributed by atoms with E-state index in [1.165, 1.54) is 0 Å². The number of rotatable bonds is 6. The van der Waals surface area contributed by atoms with Crippen molar-refractivity contribution in [3.8, 4) is 5.75 Å². The van der Waals surface area contributed by atoms with Gasteiger partial charge in [-0.25, -0.2) is 4.79 Å². The van der Waals surface area contributed by atoms with E-state index in [9.17, 15) is 9.59 Å². The molecule has 0 radical (unpaired) electrons. The van der Waals surface area contributed by atoms with Crippen LogP contribution in [0.2, 0.25) is 0 Å². The molecule has 0 unspecified atom stereocenters. The molecule has 1 aromatic rings. The van der Waals surface area contributed by atoms with E-state index in [2.05, 4.69) is 16.0 Å². The quantitative estimate of drug-likeness (QED) is 0.705. The maximum absolute atomic E-state index is 11.4. The fraction of sp³-hybridized carbons (Fsp3) is 0.385. The molecule has 3 N–H and O–H groups in total. The Kier molecular flexibility index (Phi) is 6.38. The number of nitrogens with one attached hydrogen (secondary N) is 3. The standard InChI is InChI=1S/C13H19N3O3/c1-3-15-13(18)16-12(17)9-19-11-6-4-10(5-7-11)8-14-2/h4-7,14H,3,8-9H2,1-2H3,(H2,15,16,17,18). The molecule has 0 aliphatic rings. The van der Waals surface area contributed by atoms with Gasteiger partial charge in [0.2, 0.25) is 0 Å². The lowest BCUT2D eigenvalue weighted by atomic mass is 10.2. The van der Waals surface area contributed by atoms with E-state index in [0.717, 1.165) is 12.1 Å². The monoisotopic (exact) mass is 265 g/mol. The molecule has 1 aromatic carbocycles. The lowest BCUT2D eigenvalue weighted by Gasteiger charge is -2.07. The molecular formula is C13H19N3O3. The molecule has 0 saturated carbocycles. The Hall–Kier alpha value is -2.08. The first kappa shape index (κ1) is 15.0. The van der Waals surface area contributed by atoms with E-state index < -0.39 is 11.9 Å². The van der Waals surface area contributed by atoms with E-state index in [1.54, 1.807) is 19.1 Å². The number of urea groups is 1. The summed E-state index contributed by atoms with van der Waals surface area (Å²) in [6, 6.07) is 6.87. The average molecular weight is 265 g/mol. The van der Waals surface area contributed by atoms with Gasteiger partial charge >= 0.3 is 6.03 Å². The Labute approximate surface area is 112 Å². The van der Waals surface area contributed by atoms with Gasteiger partial charge in [-0.05, 0) is 31.7 Å². The van der Waals surface area contributed by atoms with Crippen LogP contribution in [-0.2, 0) is 11.3 Å². The summed E-state index contributed by atoms with van der Waals surface area (Å²) >= 11 is 0. The molecule has 0 heterocycles. The van der Waals surface area contributed by atoms with Crippen LogP contribution in [0.1, 0.15) is 12.5 Å². The largest absolute Gasteiger partial charge is 0.484 e. The van der Waals surface area contributed by atoms with Gasteiger partial charge in [0.1, 0.15) is 5.75 Å². The van der Waals surface area contributed by atoms with Crippen LogP contribution in [-0.4, -0.2) is 32.1 Å². The van der Waals surface area contributed by atoms with Gasteiger partial charge in [0.15, 0.2) is 6.61 Å². The third kappa shape index (κ3) is 5.87. The van der Waals surface area contributed by atoms with Crippen LogP contribution in [0.5, 0.6) is 5.75 Å². The zero-order valence-corrected chi connectivity index (χ0v) is 11.2. The van der Waals surface area contributed by atoms with Gasteiger partial charge in [0, 0.05) is 13.1 Å². The van der Waals surface area contributed by atoms with E-state index in [4.69, 9.17) is 4.74 Å². The molecule has 0 aliphatic heterocycles. The van der Waals surface area contributed by atoms with Crippen molar-refractivity contribution in [1.29, 1.82) is 0 Å². The number of amides is 3. The minimum absolute atomic E-state index is 0.192. The van der Waals surface area contributed by atoms with E-state index in [0.29, 0.717) is 12.3 Å². The normalized spacial score (nSPS) is 9.79. The van der Waals surface area contributed by atoms with Crippen LogP contribution < -0.4 is 20.7 Å². The molecule has 104 valence electrons. The number of hydrogen-bond acceptors (Lipinski definition) is 4. The highest BCUT2D eigenvalue weighted by Gasteiger charge is 2.07. The molecule has 0 bridgehead atoms. The van der Waals surface area contributed by atoms with Gasteiger partial charge in [-0.3, -0.25) is 10.1 Å². The van der Waals surface area contributed by atoms with Crippen molar-refractivity contribution in [2.75, 3.05) is 20.2 Å². The maximum Gasteiger partial charge on any atom is 0.321 e. The van der Waals surface area contributed by atoms with Crippen molar-refractivity contribution < 1.29 is 14.3 Å². The SMILES string of the molecule is CCNC(=O)NC(=O)COc1ccc(CNC)cc1. The number of imide groups is 1. The third-order valence-corrected chi connectivity index (χ3v) is 2.26. The molecule has 0 atom stereocenters. The molecule has 1 rings (SSSR count). The van der Waals surface area contributed by atoms with E-state index in [1.807, 2.05) is 19.2 Å². The first-order chi connectivity index (χ1) is 9.15. The Morgan fingerprint density at radius 3 is 2.47 bits per heavy atom. The van der Waals surface area contributed by atoms with E-state index in [-0.39, 0.29) is 6.61 Å². The molecule has 0 spiro atoms. The zero-order valence-electron chi connectivity index (χ0n) is 11.2. The summed E-state index contributed by atoms with van der Waals surface area (Å²) in [6.07, 6.45) is 0. The molecule has 6 nitrogen and oxygen atoms in total. The van der Waals surface area contributed by atoms with Crippen LogP contribution >= 0.6 is 0 Å². The second-order valence-electron chi connectivity index (χ2n) is 3.87. The summed E-state index contributed by atoms with van der Waals surface area (Å²) < 4.78 is 5.27. The minimum atomic E-state index is -0.513. The molecule has 0 aliphatic carbocycles. The van der Waals surface area contributed by atoms with Crippen LogP contribution in [0, 0.1) is 0 Å². The minimum Gasteiger partial charge on any atom is -0.484 e. The Morgan fingerprint density at radius 2 is 1.89 bits per heavy atom. The molecule has 19 heavy (non-hydrogen) atoms. The van der Waals surface area contributed by atoms with Gasteiger partial charge in [-0.15, -0.1) is 0 Å². The smallest absolute Gasteiger partial charge is 0.321 e. The second-order valence-corrected chi connectivity index (χ2v) is 3.87. The topological polar surface area (TPSA) is 79.5 Å². The highest BCUT2D eigenvalue weighted by molar-refractivity contribution is 5.94. The van der Waals surface area contributed by atoms with Gasteiger partial charge in [-0.2, -0.15) is 0 Å². The zero-order chi connectivity index (χ0) is 14.1. The van der Waals surface area contributed by atoms with Gasteiger partial charge in [0.25, 0.3) is 5.91 Å². The highest BCUT2D eigenvalue weighted by atomic mass is 16.5. The van der Waals surface area contributed by atoms with Gasteiger partial charge in [-0.1, -0.05) is 12.1 Å². The summed E-state index contributed by atoms with van der Waals surface area (Å²) in [4.78, 5) is 22.4. The molecule has 3 amide bonds. The molecule has 6 heteroatoms. The summed E-state index contributed by atoms with van der Waals surface area (Å²) in [5.41, 5.74) is 1.13. The van der Waals surface area contributed by atoms with Crippen molar-refractivity contribution in [3.63, 3.8) is 0 Å². The van der Waals surface area contributed by atoms with Crippen LogP contribution in [0.15, 0.2) is 24.3 Å². The number of benzene rings is 1. The van der Waals surface area contributed by atoms with Crippen LogP contribution in [0.25, 0.3) is 0 Å². The maximum atomic E-state index is 11.4. The van der Waals surface area contributed by atoms with Crippen molar-refractivity contribution in [1.82, 2.24) is 16.0 Å². The lowest BCUT2D eigenvalue weighted by Crippen LogP contribution is -2.41. The van der Waals surface area contributed by atoms with Gasteiger partial charge in [0.05, 0.1) is 0 Å².